The molecular weight excluding hydrogens is 314 g/mol. The molecule has 0 radical (unpaired) electrons. The molecule has 3 rings (SSSR count). The van der Waals surface area contributed by atoms with Crippen LogP contribution in [0, 0.1) is 0 Å². The number of hydrogen-bond donors (Lipinski definition) is 2. The number of nitrogen functional groups attached to an aromatic ring is 1. The number of H-pyrrole nitrogens is 1. The molecule has 0 aliphatic carbocycles. The molecule has 7 heteroatoms. The predicted octanol–water partition coefficient (Wildman–Crippen LogP) is 3.51. The van der Waals surface area contributed by atoms with Crippen LogP contribution >= 0.6 is 34.7 Å². The van der Waals surface area contributed by atoms with Gasteiger partial charge in [0.2, 0.25) is 0 Å². The Hall–Kier alpha value is -1.50. The summed E-state index contributed by atoms with van der Waals surface area (Å²) in [4.78, 5) is 19.9. The summed E-state index contributed by atoms with van der Waals surface area (Å²) in [5.41, 5.74) is 7.18. The number of anilines is 1. The lowest BCUT2D eigenvalue weighted by Crippen LogP contribution is -2.09. The van der Waals surface area contributed by atoms with Gasteiger partial charge in [-0.1, -0.05) is 11.6 Å². The molecular formula is C13H10ClN3OS2. The van der Waals surface area contributed by atoms with Crippen LogP contribution < -0.4 is 11.3 Å². The van der Waals surface area contributed by atoms with Crippen molar-refractivity contribution in [2.45, 2.75) is 10.6 Å². The fourth-order valence-electron chi connectivity index (χ4n) is 1.77. The quantitative estimate of drug-likeness (QED) is 0.571. The Morgan fingerprint density at radius 3 is 3.10 bits per heavy atom. The lowest BCUT2D eigenvalue weighted by Gasteiger charge is -2.05. The number of aromatic amines is 1. The van der Waals surface area contributed by atoms with Crippen LogP contribution in [0.5, 0.6) is 0 Å². The molecule has 0 unspecified atom stereocenters. The summed E-state index contributed by atoms with van der Waals surface area (Å²) in [5, 5.41) is 2.50. The maximum atomic E-state index is 11.9. The number of benzene rings is 1. The zero-order valence-corrected chi connectivity index (χ0v) is 12.6. The van der Waals surface area contributed by atoms with E-state index in [9.17, 15) is 4.79 Å². The first-order valence-corrected chi connectivity index (χ1v) is 8.02. The fraction of sp³-hybridized carbons (Fsp3) is 0.0769. The van der Waals surface area contributed by atoms with E-state index in [4.69, 9.17) is 17.3 Å². The lowest BCUT2D eigenvalue weighted by atomic mass is 10.3. The van der Waals surface area contributed by atoms with Gasteiger partial charge in [0.25, 0.3) is 5.56 Å². The minimum absolute atomic E-state index is 0.0975. The highest BCUT2D eigenvalue weighted by Gasteiger charge is 2.07. The van der Waals surface area contributed by atoms with E-state index in [0.29, 0.717) is 27.0 Å². The summed E-state index contributed by atoms with van der Waals surface area (Å²) in [6.07, 6.45) is 0. The Morgan fingerprint density at radius 2 is 2.25 bits per heavy atom. The van der Waals surface area contributed by atoms with Crippen LogP contribution in [0.3, 0.4) is 0 Å². The molecule has 0 saturated heterocycles. The first kappa shape index (κ1) is 13.5. The van der Waals surface area contributed by atoms with Gasteiger partial charge in [0.05, 0.1) is 11.3 Å². The fourth-order valence-corrected chi connectivity index (χ4v) is 3.61. The Bertz CT molecular complexity index is 828. The number of thiophene rings is 1. The SMILES string of the molecule is Nc1ccc(Cl)cc1SCc1nc2ccsc2c(=O)[nH]1. The second-order valence-corrected chi connectivity index (χ2v) is 6.49. The van der Waals surface area contributed by atoms with Gasteiger partial charge in [-0.2, -0.15) is 0 Å². The molecule has 0 bridgehead atoms. The molecule has 20 heavy (non-hydrogen) atoms. The van der Waals surface area contributed by atoms with Gasteiger partial charge in [-0.25, -0.2) is 4.98 Å². The summed E-state index contributed by atoms with van der Waals surface area (Å²) in [7, 11) is 0. The van der Waals surface area contributed by atoms with Gasteiger partial charge in [-0.3, -0.25) is 4.79 Å². The highest BCUT2D eigenvalue weighted by Crippen LogP contribution is 2.30. The molecule has 1 aromatic carbocycles. The van der Waals surface area contributed by atoms with Crippen molar-refractivity contribution >= 4 is 50.6 Å². The number of nitrogens with two attached hydrogens (primary N) is 1. The van der Waals surface area contributed by atoms with Crippen molar-refractivity contribution in [1.82, 2.24) is 9.97 Å². The van der Waals surface area contributed by atoms with E-state index in [1.54, 1.807) is 12.1 Å². The van der Waals surface area contributed by atoms with Crippen LogP contribution in [0.15, 0.2) is 39.3 Å². The molecule has 0 atom stereocenters. The Labute approximate surface area is 128 Å². The van der Waals surface area contributed by atoms with E-state index in [2.05, 4.69) is 9.97 Å². The Balaban J connectivity index is 1.86. The van der Waals surface area contributed by atoms with Crippen LogP contribution in [0.25, 0.3) is 10.2 Å². The van der Waals surface area contributed by atoms with Crippen LogP contribution in [0.1, 0.15) is 5.82 Å². The predicted molar refractivity (Wildman–Crippen MR) is 85.7 cm³/mol. The first-order chi connectivity index (χ1) is 9.63. The van der Waals surface area contributed by atoms with E-state index in [1.165, 1.54) is 23.1 Å². The van der Waals surface area contributed by atoms with Crippen LogP contribution in [0.2, 0.25) is 5.02 Å². The van der Waals surface area contributed by atoms with E-state index < -0.39 is 0 Å². The van der Waals surface area contributed by atoms with E-state index >= 15 is 0 Å². The van der Waals surface area contributed by atoms with Crippen molar-refractivity contribution in [2.24, 2.45) is 0 Å². The molecule has 3 N–H and O–H groups in total. The number of aromatic nitrogens is 2. The lowest BCUT2D eigenvalue weighted by molar-refractivity contribution is 1.04. The zero-order valence-electron chi connectivity index (χ0n) is 10.2. The molecule has 2 aromatic heterocycles. The summed E-state index contributed by atoms with van der Waals surface area (Å²) >= 11 is 8.83. The Morgan fingerprint density at radius 1 is 1.40 bits per heavy atom. The second-order valence-electron chi connectivity index (χ2n) is 4.12. The number of nitrogens with one attached hydrogen (secondary N) is 1. The van der Waals surface area contributed by atoms with Gasteiger partial charge in [-0.15, -0.1) is 23.1 Å². The molecule has 4 nitrogen and oxygen atoms in total. The van der Waals surface area contributed by atoms with Gasteiger partial charge >= 0.3 is 0 Å². The third-order valence-electron chi connectivity index (χ3n) is 2.70. The van der Waals surface area contributed by atoms with Crippen molar-refractivity contribution in [3.8, 4) is 0 Å². The van der Waals surface area contributed by atoms with Gasteiger partial charge in [0.15, 0.2) is 0 Å². The van der Waals surface area contributed by atoms with Gasteiger partial charge in [-0.05, 0) is 29.6 Å². The summed E-state index contributed by atoms with van der Waals surface area (Å²) < 4.78 is 0.654. The van der Waals surface area contributed by atoms with Crippen molar-refractivity contribution in [3.63, 3.8) is 0 Å². The van der Waals surface area contributed by atoms with Gasteiger partial charge in [0.1, 0.15) is 10.5 Å². The minimum Gasteiger partial charge on any atom is -0.398 e. The third kappa shape index (κ3) is 2.67. The number of nitrogens with zero attached hydrogens (tertiary/aromatic N) is 1. The largest absolute Gasteiger partial charge is 0.398 e. The standard InChI is InChI=1S/C13H10ClN3OS2/c14-7-1-2-8(15)10(5-7)20-6-11-16-9-3-4-19-12(9)13(18)17-11/h1-5H,6,15H2,(H,16,17,18). The monoisotopic (exact) mass is 323 g/mol. The van der Waals surface area contributed by atoms with Gasteiger partial charge < -0.3 is 10.7 Å². The molecule has 2 heterocycles. The second kappa shape index (κ2) is 5.47. The minimum atomic E-state index is -0.0975. The molecule has 102 valence electrons. The van der Waals surface area contributed by atoms with Crippen molar-refractivity contribution in [1.29, 1.82) is 0 Å². The Kier molecular flexibility index (Phi) is 3.69. The van der Waals surface area contributed by atoms with E-state index in [1.807, 2.05) is 17.5 Å². The van der Waals surface area contributed by atoms with Crippen molar-refractivity contribution < 1.29 is 0 Å². The average Bonchev–Trinajstić information content (AvgIpc) is 2.89. The summed E-state index contributed by atoms with van der Waals surface area (Å²) in [6, 6.07) is 7.17. The zero-order chi connectivity index (χ0) is 14.1. The smallest absolute Gasteiger partial charge is 0.268 e. The molecule has 0 amide bonds. The average molecular weight is 324 g/mol. The van der Waals surface area contributed by atoms with Gasteiger partial charge in [0, 0.05) is 15.6 Å². The number of halogens is 1. The first-order valence-electron chi connectivity index (χ1n) is 5.78. The maximum absolute atomic E-state index is 11.9. The normalized spacial score (nSPS) is 11.1. The molecule has 0 saturated carbocycles. The topological polar surface area (TPSA) is 71.8 Å². The highest BCUT2D eigenvalue weighted by molar-refractivity contribution is 7.98. The van der Waals surface area contributed by atoms with Crippen LogP contribution in [-0.2, 0) is 5.75 Å². The maximum Gasteiger partial charge on any atom is 0.268 e. The third-order valence-corrected chi connectivity index (χ3v) is 4.92. The molecule has 3 aromatic rings. The summed E-state index contributed by atoms with van der Waals surface area (Å²) in [6.45, 7) is 0. The van der Waals surface area contributed by atoms with Crippen molar-refractivity contribution in [2.75, 3.05) is 5.73 Å². The number of rotatable bonds is 3. The summed E-state index contributed by atoms with van der Waals surface area (Å²) in [5.74, 6) is 1.16. The molecule has 0 aliphatic rings. The van der Waals surface area contributed by atoms with Crippen molar-refractivity contribution in [3.05, 3.63) is 50.8 Å². The molecule has 0 spiro atoms. The van der Waals surface area contributed by atoms with Crippen LogP contribution in [-0.4, -0.2) is 9.97 Å². The number of thioether (sulfide) groups is 1. The number of hydrogen-bond acceptors (Lipinski definition) is 5. The van der Waals surface area contributed by atoms with E-state index in [-0.39, 0.29) is 5.56 Å². The molecule has 0 aliphatic heterocycles. The van der Waals surface area contributed by atoms with E-state index in [0.717, 1.165) is 10.4 Å². The number of fused-ring (bicyclic) bond motifs is 1. The van der Waals surface area contributed by atoms with Crippen LogP contribution in [0.4, 0.5) is 5.69 Å². The molecule has 0 fully saturated rings. The highest BCUT2D eigenvalue weighted by atomic mass is 35.5.